The molecule has 15 heavy (non-hydrogen) atoms. The van der Waals surface area contributed by atoms with E-state index < -0.39 is 0 Å². The average Bonchev–Trinajstić information content (AvgIpc) is 3.03. The minimum Gasteiger partial charge on any atom is -0.381 e. The summed E-state index contributed by atoms with van der Waals surface area (Å²) in [7, 11) is 0. The van der Waals surface area contributed by atoms with Gasteiger partial charge in [-0.05, 0) is 37.7 Å². The number of pyridine rings is 1. The number of rotatable bonds is 5. The summed E-state index contributed by atoms with van der Waals surface area (Å²) in [4.78, 5) is 4.35. The molecule has 0 bridgehead atoms. The van der Waals surface area contributed by atoms with Crippen LogP contribution in [0, 0.1) is 5.92 Å². The van der Waals surface area contributed by atoms with Gasteiger partial charge in [-0.1, -0.05) is 12.8 Å². The first-order valence-corrected chi connectivity index (χ1v) is 6.77. The molecule has 1 heterocycles. The van der Waals surface area contributed by atoms with E-state index in [0.29, 0.717) is 6.04 Å². The Morgan fingerprint density at radius 1 is 1.53 bits per heavy atom. The number of anilines is 1. The molecule has 3 heteroatoms. The zero-order valence-electron chi connectivity index (χ0n) is 9.36. The second-order valence-corrected chi connectivity index (χ2v) is 5.14. The van der Waals surface area contributed by atoms with E-state index in [1.807, 2.05) is 12.5 Å². The molecular weight excluding hydrogens is 204 g/mol. The molecule has 2 nitrogen and oxygen atoms in total. The molecule has 1 aliphatic carbocycles. The lowest BCUT2D eigenvalue weighted by Crippen LogP contribution is -2.15. The number of nitrogens with zero attached hydrogens (tertiary/aromatic N) is 1. The highest BCUT2D eigenvalue weighted by molar-refractivity contribution is 7.98. The van der Waals surface area contributed by atoms with Crippen LogP contribution in [0.1, 0.15) is 26.2 Å². The summed E-state index contributed by atoms with van der Waals surface area (Å²) in [6, 6.07) is 4.75. The van der Waals surface area contributed by atoms with Gasteiger partial charge in [-0.15, -0.1) is 11.8 Å². The molecule has 0 aromatic carbocycles. The van der Waals surface area contributed by atoms with Crippen LogP contribution >= 0.6 is 11.8 Å². The minimum atomic E-state index is 0.569. The fourth-order valence-corrected chi connectivity index (χ4v) is 2.15. The topological polar surface area (TPSA) is 24.9 Å². The second-order valence-electron chi connectivity index (χ2n) is 4.31. The Bertz CT molecular complexity index is 306. The monoisotopic (exact) mass is 222 g/mol. The number of hydrogen-bond donors (Lipinski definition) is 1. The molecule has 0 radical (unpaired) electrons. The summed E-state index contributed by atoms with van der Waals surface area (Å²) in [5, 5.41) is 4.57. The van der Waals surface area contributed by atoms with Gasteiger partial charge < -0.3 is 5.32 Å². The Morgan fingerprint density at radius 2 is 2.33 bits per heavy atom. The number of hydrogen-bond acceptors (Lipinski definition) is 3. The predicted molar refractivity (Wildman–Crippen MR) is 66.4 cm³/mol. The first-order valence-electron chi connectivity index (χ1n) is 5.54. The quantitative estimate of drug-likeness (QED) is 0.773. The molecule has 2 rings (SSSR count). The van der Waals surface area contributed by atoms with Crippen LogP contribution in [0.15, 0.2) is 23.4 Å². The average molecular weight is 222 g/mol. The van der Waals surface area contributed by atoms with Crippen molar-refractivity contribution >= 4 is 17.4 Å². The van der Waals surface area contributed by atoms with Gasteiger partial charge in [-0.25, -0.2) is 4.98 Å². The Balaban J connectivity index is 1.85. The standard InChI is InChI=1S/C12H18N2S/c1-9(7-10-3-4-10)14-11-5-6-12(15-2)13-8-11/h5-6,8-10,14H,3-4,7H2,1-2H3. The molecule has 0 amide bonds. The molecule has 1 N–H and O–H groups in total. The van der Waals surface area contributed by atoms with Gasteiger partial charge in [0, 0.05) is 6.04 Å². The van der Waals surface area contributed by atoms with Crippen LogP contribution in [0.25, 0.3) is 0 Å². The van der Waals surface area contributed by atoms with Crippen LogP contribution in [0.2, 0.25) is 0 Å². The molecule has 1 unspecified atom stereocenters. The summed E-state index contributed by atoms with van der Waals surface area (Å²) in [5.74, 6) is 0.978. The number of thioether (sulfide) groups is 1. The first-order chi connectivity index (χ1) is 7.28. The highest BCUT2D eigenvalue weighted by atomic mass is 32.2. The highest BCUT2D eigenvalue weighted by Crippen LogP contribution is 2.34. The highest BCUT2D eigenvalue weighted by Gasteiger charge is 2.23. The van der Waals surface area contributed by atoms with E-state index in [2.05, 4.69) is 29.4 Å². The number of nitrogens with one attached hydrogen (secondary N) is 1. The fraction of sp³-hybridized carbons (Fsp3) is 0.583. The molecule has 0 aliphatic heterocycles. The van der Waals surface area contributed by atoms with E-state index in [4.69, 9.17) is 0 Å². The van der Waals surface area contributed by atoms with Crippen molar-refractivity contribution in [3.8, 4) is 0 Å². The van der Waals surface area contributed by atoms with Gasteiger partial charge in [0.05, 0.1) is 16.9 Å². The van der Waals surface area contributed by atoms with Gasteiger partial charge in [-0.2, -0.15) is 0 Å². The van der Waals surface area contributed by atoms with Crippen LogP contribution < -0.4 is 5.32 Å². The molecule has 1 aromatic heterocycles. The molecule has 0 spiro atoms. The molecule has 0 saturated heterocycles. The summed E-state index contributed by atoms with van der Waals surface area (Å²) < 4.78 is 0. The largest absolute Gasteiger partial charge is 0.381 e. The van der Waals surface area contributed by atoms with Crippen LogP contribution in [-0.2, 0) is 0 Å². The fourth-order valence-electron chi connectivity index (χ4n) is 1.78. The van der Waals surface area contributed by atoms with Crippen molar-refractivity contribution in [1.29, 1.82) is 0 Å². The lowest BCUT2D eigenvalue weighted by atomic mass is 10.1. The maximum absolute atomic E-state index is 4.35. The van der Waals surface area contributed by atoms with Gasteiger partial charge >= 0.3 is 0 Å². The second kappa shape index (κ2) is 4.88. The zero-order valence-corrected chi connectivity index (χ0v) is 10.2. The van der Waals surface area contributed by atoms with Crippen LogP contribution in [0.3, 0.4) is 0 Å². The maximum Gasteiger partial charge on any atom is 0.0958 e. The molecule has 82 valence electrons. The van der Waals surface area contributed by atoms with Gasteiger partial charge in [0.25, 0.3) is 0 Å². The van der Waals surface area contributed by atoms with Crippen molar-refractivity contribution in [2.75, 3.05) is 11.6 Å². The van der Waals surface area contributed by atoms with Crippen molar-refractivity contribution in [2.45, 2.75) is 37.3 Å². The molecular formula is C12H18N2S. The third-order valence-corrected chi connectivity index (χ3v) is 3.40. The lowest BCUT2D eigenvalue weighted by molar-refractivity contribution is 0.642. The summed E-state index contributed by atoms with van der Waals surface area (Å²) in [5.41, 5.74) is 1.14. The third-order valence-electron chi connectivity index (χ3n) is 2.74. The van der Waals surface area contributed by atoms with Crippen molar-refractivity contribution in [1.82, 2.24) is 4.98 Å². The van der Waals surface area contributed by atoms with E-state index >= 15 is 0 Å². The lowest BCUT2D eigenvalue weighted by Gasteiger charge is -2.14. The van der Waals surface area contributed by atoms with Gasteiger partial charge in [0.1, 0.15) is 0 Å². The summed E-state index contributed by atoms with van der Waals surface area (Å²) in [6.07, 6.45) is 8.12. The Kier molecular flexibility index (Phi) is 3.52. The Labute approximate surface area is 95.9 Å². The van der Waals surface area contributed by atoms with Crippen molar-refractivity contribution < 1.29 is 0 Å². The van der Waals surface area contributed by atoms with Crippen molar-refractivity contribution in [3.63, 3.8) is 0 Å². The van der Waals surface area contributed by atoms with Crippen LogP contribution in [0.4, 0.5) is 5.69 Å². The molecule has 1 aromatic rings. The molecule has 1 saturated carbocycles. The predicted octanol–water partition coefficient (Wildman–Crippen LogP) is 3.40. The Morgan fingerprint density at radius 3 is 2.87 bits per heavy atom. The van der Waals surface area contributed by atoms with Gasteiger partial charge in [-0.3, -0.25) is 0 Å². The smallest absolute Gasteiger partial charge is 0.0958 e. The maximum atomic E-state index is 4.35. The first kappa shape index (κ1) is 10.8. The zero-order chi connectivity index (χ0) is 10.7. The number of aromatic nitrogens is 1. The van der Waals surface area contributed by atoms with Crippen LogP contribution in [-0.4, -0.2) is 17.3 Å². The summed E-state index contributed by atoms with van der Waals surface area (Å²) >= 11 is 1.68. The van der Waals surface area contributed by atoms with Crippen LogP contribution in [0.5, 0.6) is 0 Å². The van der Waals surface area contributed by atoms with Gasteiger partial charge in [0.15, 0.2) is 0 Å². The molecule has 1 aliphatic rings. The van der Waals surface area contributed by atoms with Crippen molar-refractivity contribution in [3.05, 3.63) is 18.3 Å². The Hall–Kier alpha value is -0.700. The van der Waals surface area contributed by atoms with E-state index in [1.54, 1.807) is 11.8 Å². The minimum absolute atomic E-state index is 0.569. The van der Waals surface area contributed by atoms with E-state index in [0.717, 1.165) is 16.6 Å². The molecule has 1 atom stereocenters. The van der Waals surface area contributed by atoms with Gasteiger partial charge in [0.2, 0.25) is 0 Å². The molecule has 1 fully saturated rings. The van der Waals surface area contributed by atoms with E-state index in [9.17, 15) is 0 Å². The summed E-state index contributed by atoms with van der Waals surface area (Å²) in [6.45, 7) is 2.25. The normalized spacial score (nSPS) is 17.5. The van der Waals surface area contributed by atoms with E-state index in [-0.39, 0.29) is 0 Å². The SMILES string of the molecule is CSc1ccc(NC(C)CC2CC2)cn1. The van der Waals surface area contributed by atoms with Crippen molar-refractivity contribution in [2.24, 2.45) is 5.92 Å². The third kappa shape index (κ3) is 3.42. The van der Waals surface area contributed by atoms with E-state index in [1.165, 1.54) is 19.3 Å².